The van der Waals surface area contributed by atoms with Crippen molar-refractivity contribution in [2.24, 2.45) is 0 Å². The molecule has 1 aliphatic rings. The van der Waals surface area contributed by atoms with Gasteiger partial charge >= 0.3 is 0 Å². The summed E-state index contributed by atoms with van der Waals surface area (Å²) in [7, 11) is 0. The van der Waals surface area contributed by atoms with Crippen LogP contribution in [0.25, 0.3) is 98.7 Å². The summed E-state index contributed by atoms with van der Waals surface area (Å²) < 4.78 is 6.47. The minimum absolute atomic E-state index is 0.894. The van der Waals surface area contributed by atoms with Crippen molar-refractivity contribution >= 4 is 43.1 Å². The van der Waals surface area contributed by atoms with Gasteiger partial charge in [-0.3, -0.25) is 0 Å². The third kappa shape index (κ3) is 4.35. The Morgan fingerprint density at radius 3 is 1.53 bits per heavy atom. The van der Waals surface area contributed by atoms with Crippen LogP contribution in [-0.2, 0) is 0 Å². The Hall–Kier alpha value is -6.70. The van der Waals surface area contributed by atoms with Crippen LogP contribution in [0.15, 0.2) is 182 Å². The van der Waals surface area contributed by atoms with Crippen molar-refractivity contribution < 1.29 is 4.74 Å². The first-order valence-corrected chi connectivity index (χ1v) is 17.6. The molecule has 0 radical (unpaired) electrons. The third-order valence-electron chi connectivity index (χ3n) is 10.8. The topological polar surface area (TPSA) is 9.23 Å². The van der Waals surface area contributed by atoms with Gasteiger partial charge in [-0.25, -0.2) is 0 Å². The molecule has 1 heterocycles. The zero-order valence-corrected chi connectivity index (χ0v) is 27.7. The minimum Gasteiger partial charge on any atom is -0.456 e. The Bertz CT molecular complexity index is 2970. The van der Waals surface area contributed by atoms with Crippen molar-refractivity contribution in [1.82, 2.24) is 0 Å². The van der Waals surface area contributed by atoms with Crippen LogP contribution in [0.4, 0.5) is 0 Å². The largest absolute Gasteiger partial charge is 0.456 e. The highest BCUT2D eigenvalue weighted by Gasteiger charge is 2.21. The van der Waals surface area contributed by atoms with E-state index in [9.17, 15) is 0 Å². The van der Waals surface area contributed by atoms with E-state index in [4.69, 9.17) is 4.74 Å². The molecule has 1 nitrogen and oxygen atoms in total. The molecule has 0 bridgehead atoms. The van der Waals surface area contributed by atoms with E-state index >= 15 is 0 Å². The fourth-order valence-electron chi connectivity index (χ4n) is 8.41. The lowest BCUT2D eigenvalue weighted by Crippen LogP contribution is -1.97. The van der Waals surface area contributed by atoms with Crippen molar-refractivity contribution in [3.8, 4) is 67.1 Å². The van der Waals surface area contributed by atoms with E-state index in [1.807, 2.05) is 0 Å². The van der Waals surface area contributed by atoms with Gasteiger partial charge in [0, 0.05) is 10.9 Å². The van der Waals surface area contributed by atoms with E-state index in [0.29, 0.717) is 0 Å². The van der Waals surface area contributed by atoms with Crippen LogP contribution in [0, 0.1) is 0 Å². The van der Waals surface area contributed by atoms with Crippen LogP contribution >= 0.6 is 0 Å². The Morgan fingerprint density at radius 2 is 0.824 bits per heavy atom. The van der Waals surface area contributed by atoms with E-state index in [2.05, 4.69) is 182 Å². The zero-order chi connectivity index (χ0) is 33.5. The lowest BCUT2D eigenvalue weighted by molar-refractivity contribution is 0.487. The Morgan fingerprint density at radius 1 is 0.255 bits per heavy atom. The van der Waals surface area contributed by atoms with Crippen LogP contribution < -0.4 is 4.74 Å². The molecule has 0 aromatic heterocycles. The Labute approximate surface area is 296 Å². The smallest absolute Gasteiger partial charge is 0.135 e. The number of hydrogen-bond acceptors (Lipinski definition) is 1. The van der Waals surface area contributed by atoms with E-state index < -0.39 is 0 Å². The van der Waals surface area contributed by atoms with Gasteiger partial charge in [0.05, 0.1) is 0 Å². The molecule has 0 fully saturated rings. The molecular weight excluding hydrogens is 617 g/mol. The Kier molecular flexibility index (Phi) is 6.02. The normalized spacial score (nSPS) is 12.1. The second kappa shape index (κ2) is 10.9. The molecule has 10 aromatic rings. The first-order chi connectivity index (χ1) is 25.3. The molecule has 10 aromatic carbocycles. The fourth-order valence-corrected chi connectivity index (χ4v) is 8.41. The average molecular weight is 647 g/mol. The van der Waals surface area contributed by atoms with Crippen molar-refractivity contribution in [2.45, 2.75) is 0 Å². The molecule has 1 aliphatic heterocycles. The predicted octanol–water partition coefficient (Wildman–Crippen LogP) is 14.2. The Balaban J connectivity index is 1.14. The maximum absolute atomic E-state index is 6.47. The van der Waals surface area contributed by atoms with E-state index in [1.165, 1.54) is 87.6 Å². The average Bonchev–Trinajstić information content (AvgIpc) is 3.20. The predicted molar refractivity (Wildman–Crippen MR) is 215 cm³/mol. The van der Waals surface area contributed by atoms with Crippen LogP contribution in [0.2, 0.25) is 0 Å². The number of hydrogen-bond donors (Lipinski definition) is 0. The molecule has 0 unspecified atom stereocenters. The molecule has 0 aliphatic carbocycles. The molecule has 0 N–H and O–H groups in total. The maximum Gasteiger partial charge on any atom is 0.135 e. The highest BCUT2D eigenvalue weighted by atomic mass is 16.5. The molecular formula is C50H30O. The summed E-state index contributed by atoms with van der Waals surface area (Å²) in [5.74, 6) is 1.81. The van der Waals surface area contributed by atoms with Gasteiger partial charge < -0.3 is 4.74 Å². The summed E-state index contributed by atoms with van der Waals surface area (Å²) in [4.78, 5) is 0. The summed E-state index contributed by atoms with van der Waals surface area (Å²) in [5, 5.41) is 10.1. The molecule has 236 valence electrons. The van der Waals surface area contributed by atoms with Crippen molar-refractivity contribution in [3.63, 3.8) is 0 Å². The fraction of sp³-hybridized carbons (Fsp3) is 0. The molecule has 11 rings (SSSR count). The summed E-state index contributed by atoms with van der Waals surface area (Å²) in [6.07, 6.45) is 0. The van der Waals surface area contributed by atoms with Crippen LogP contribution in [-0.4, -0.2) is 0 Å². The monoisotopic (exact) mass is 646 g/mol. The number of fused-ring (bicyclic) bond motifs is 2. The quantitative estimate of drug-likeness (QED) is 0.173. The number of benzene rings is 10. The van der Waals surface area contributed by atoms with Gasteiger partial charge in [-0.15, -0.1) is 0 Å². The highest BCUT2D eigenvalue weighted by Crippen LogP contribution is 2.48. The molecule has 0 saturated carbocycles. The van der Waals surface area contributed by atoms with E-state index in [-0.39, 0.29) is 0 Å². The second-order valence-electron chi connectivity index (χ2n) is 13.7. The summed E-state index contributed by atoms with van der Waals surface area (Å²) >= 11 is 0. The van der Waals surface area contributed by atoms with Gasteiger partial charge in [0.15, 0.2) is 0 Å². The van der Waals surface area contributed by atoms with Gasteiger partial charge in [0.1, 0.15) is 11.5 Å². The minimum atomic E-state index is 0.894. The van der Waals surface area contributed by atoms with Crippen LogP contribution in [0.1, 0.15) is 0 Å². The summed E-state index contributed by atoms with van der Waals surface area (Å²) in [6, 6.07) is 66.4. The first kappa shape index (κ1) is 28.2. The van der Waals surface area contributed by atoms with Gasteiger partial charge in [-0.05, 0) is 124 Å². The van der Waals surface area contributed by atoms with Crippen molar-refractivity contribution in [1.29, 1.82) is 0 Å². The first-order valence-electron chi connectivity index (χ1n) is 17.6. The third-order valence-corrected chi connectivity index (χ3v) is 10.8. The van der Waals surface area contributed by atoms with Gasteiger partial charge in [0.25, 0.3) is 0 Å². The molecule has 0 saturated heterocycles. The van der Waals surface area contributed by atoms with Gasteiger partial charge in [-0.2, -0.15) is 0 Å². The van der Waals surface area contributed by atoms with Crippen molar-refractivity contribution in [2.75, 3.05) is 0 Å². The lowest BCUT2D eigenvalue weighted by Gasteiger charge is -2.22. The number of ether oxygens (including phenoxy) is 1. The SMILES string of the molecule is c1ccc(-c2cc(-c3ccc4c(c3)-c3cccc5cccc(c35)O4)cc(-c3ccc4ccc5c(-c6ccccc6)ccc6ccc3c4c65)c2)cc1. The second-order valence-corrected chi connectivity index (χ2v) is 13.7. The zero-order valence-electron chi connectivity index (χ0n) is 27.7. The highest BCUT2D eigenvalue weighted by molar-refractivity contribution is 6.27. The summed E-state index contributed by atoms with van der Waals surface area (Å²) in [5.41, 5.74) is 12.0. The van der Waals surface area contributed by atoms with E-state index in [0.717, 1.165) is 22.6 Å². The van der Waals surface area contributed by atoms with Crippen LogP contribution in [0.3, 0.4) is 0 Å². The molecule has 0 atom stereocenters. The maximum atomic E-state index is 6.47. The molecule has 1 heteroatoms. The van der Waals surface area contributed by atoms with Gasteiger partial charge in [0.2, 0.25) is 0 Å². The van der Waals surface area contributed by atoms with Crippen molar-refractivity contribution in [3.05, 3.63) is 182 Å². The van der Waals surface area contributed by atoms with Crippen LogP contribution in [0.5, 0.6) is 11.5 Å². The standard InChI is InChI=1S/C50H30O/c1-3-9-31(10-4-1)37-27-38(36-21-26-46-45(30-36)42-15-7-13-33-14-8-16-47(51-46)48(33)42)29-39(28-37)41-23-18-35-19-24-43-40(32-11-5-2-6-12-32)22-17-34-20-25-44(41)50(35)49(34)43/h1-30H. The molecule has 0 spiro atoms. The lowest BCUT2D eigenvalue weighted by atomic mass is 9.86. The summed E-state index contributed by atoms with van der Waals surface area (Å²) in [6.45, 7) is 0. The molecule has 0 amide bonds. The van der Waals surface area contributed by atoms with E-state index in [1.54, 1.807) is 0 Å². The van der Waals surface area contributed by atoms with Gasteiger partial charge in [-0.1, -0.05) is 146 Å². The molecule has 51 heavy (non-hydrogen) atoms. The number of rotatable bonds is 4.